The molecule has 1 fully saturated rings. The first-order chi connectivity index (χ1) is 10.1. The van der Waals surface area contributed by atoms with Crippen LogP contribution in [0.3, 0.4) is 0 Å². The average Bonchev–Trinajstić information content (AvgIpc) is 3.04. The van der Waals surface area contributed by atoms with Crippen LogP contribution in [0.2, 0.25) is 0 Å². The summed E-state index contributed by atoms with van der Waals surface area (Å²) in [6, 6.07) is 3.90. The molecule has 1 atom stereocenters. The lowest BCUT2D eigenvalue weighted by Gasteiger charge is -2.17. The molecule has 1 amide bonds. The van der Waals surface area contributed by atoms with Crippen LogP contribution in [0.25, 0.3) is 11.2 Å². The lowest BCUT2D eigenvalue weighted by Crippen LogP contribution is -2.29. The van der Waals surface area contributed by atoms with Crippen LogP contribution >= 0.6 is 0 Å². The third-order valence-corrected chi connectivity index (χ3v) is 4.15. The number of aromatic nitrogens is 3. The predicted molar refractivity (Wildman–Crippen MR) is 81.9 cm³/mol. The summed E-state index contributed by atoms with van der Waals surface area (Å²) in [5.41, 5.74) is 1.85. The average molecular weight is 286 g/mol. The van der Waals surface area contributed by atoms with Gasteiger partial charge in [0.05, 0.1) is 0 Å². The SMILES string of the molecule is CC(C)CC(=O)N1CC[C@H](c2nc3cccnc3n2C)C1. The summed E-state index contributed by atoms with van der Waals surface area (Å²) < 4.78 is 2.07. The van der Waals surface area contributed by atoms with Crippen molar-refractivity contribution in [1.82, 2.24) is 19.4 Å². The summed E-state index contributed by atoms with van der Waals surface area (Å²) in [6.07, 6.45) is 3.42. The van der Waals surface area contributed by atoms with E-state index in [2.05, 4.69) is 23.4 Å². The Morgan fingerprint density at radius 1 is 1.48 bits per heavy atom. The van der Waals surface area contributed by atoms with Gasteiger partial charge in [-0.15, -0.1) is 0 Å². The number of rotatable bonds is 3. The van der Waals surface area contributed by atoms with Crippen molar-refractivity contribution in [3.8, 4) is 0 Å². The molecule has 1 saturated heterocycles. The third kappa shape index (κ3) is 2.64. The van der Waals surface area contributed by atoms with E-state index in [-0.39, 0.29) is 5.91 Å². The largest absolute Gasteiger partial charge is 0.342 e. The van der Waals surface area contributed by atoms with Gasteiger partial charge in [-0.2, -0.15) is 0 Å². The highest BCUT2D eigenvalue weighted by molar-refractivity contribution is 5.77. The Morgan fingerprint density at radius 2 is 2.29 bits per heavy atom. The van der Waals surface area contributed by atoms with E-state index in [1.54, 1.807) is 6.20 Å². The summed E-state index contributed by atoms with van der Waals surface area (Å²) in [6.45, 7) is 5.79. The van der Waals surface area contributed by atoms with Gasteiger partial charge in [0.15, 0.2) is 5.65 Å². The highest BCUT2D eigenvalue weighted by Crippen LogP contribution is 2.28. The Morgan fingerprint density at radius 3 is 3.00 bits per heavy atom. The van der Waals surface area contributed by atoms with Gasteiger partial charge in [0, 0.05) is 38.7 Å². The van der Waals surface area contributed by atoms with Crippen molar-refractivity contribution >= 4 is 17.1 Å². The summed E-state index contributed by atoms with van der Waals surface area (Å²) in [5.74, 6) is 2.05. The van der Waals surface area contributed by atoms with Gasteiger partial charge in [0.25, 0.3) is 0 Å². The molecule has 0 spiro atoms. The highest BCUT2D eigenvalue weighted by atomic mass is 16.2. The normalized spacial score (nSPS) is 18.9. The van der Waals surface area contributed by atoms with Crippen LogP contribution in [-0.4, -0.2) is 38.4 Å². The number of aryl methyl sites for hydroxylation is 1. The Kier molecular flexibility index (Phi) is 3.66. The van der Waals surface area contributed by atoms with E-state index in [1.807, 2.05) is 24.1 Å². The van der Waals surface area contributed by atoms with E-state index in [1.165, 1.54) is 0 Å². The van der Waals surface area contributed by atoms with Gasteiger partial charge in [-0.05, 0) is 24.5 Å². The molecular weight excluding hydrogens is 264 g/mol. The second kappa shape index (κ2) is 5.47. The lowest BCUT2D eigenvalue weighted by atomic mass is 10.1. The van der Waals surface area contributed by atoms with Crippen molar-refractivity contribution in [3.05, 3.63) is 24.2 Å². The first-order valence-corrected chi connectivity index (χ1v) is 7.61. The quantitative estimate of drug-likeness (QED) is 0.870. The fourth-order valence-corrected chi connectivity index (χ4v) is 3.08. The van der Waals surface area contributed by atoms with Crippen molar-refractivity contribution in [2.45, 2.75) is 32.6 Å². The maximum absolute atomic E-state index is 12.2. The number of imidazole rings is 1. The zero-order valence-corrected chi connectivity index (χ0v) is 12.9. The molecule has 3 rings (SSSR count). The minimum atomic E-state index is 0.268. The molecule has 5 heteroatoms. The smallest absolute Gasteiger partial charge is 0.222 e. The van der Waals surface area contributed by atoms with Gasteiger partial charge in [-0.1, -0.05) is 13.8 Å². The molecule has 2 aromatic heterocycles. The number of amides is 1. The van der Waals surface area contributed by atoms with Gasteiger partial charge in [-0.25, -0.2) is 9.97 Å². The fraction of sp³-hybridized carbons (Fsp3) is 0.562. The molecule has 0 aliphatic carbocycles. The molecule has 0 N–H and O–H groups in total. The third-order valence-electron chi connectivity index (χ3n) is 4.15. The standard InChI is InChI=1S/C16H22N4O/c1-11(2)9-14(21)20-8-6-12(10-20)15-18-13-5-4-7-17-16(13)19(15)3/h4-5,7,11-12H,6,8-10H2,1-3H3/t12-/m0/s1. The van der Waals surface area contributed by atoms with Crippen molar-refractivity contribution in [2.75, 3.05) is 13.1 Å². The summed E-state index contributed by atoms with van der Waals surface area (Å²) in [5, 5.41) is 0. The van der Waals surface area contributed by atoms with Crippen LogP contribution in [0, 0.1) is 5.92 Å². The first kappa shape index (κ1) is 14.0. The minimum Gasteiger partial charge on any atom is -0.342 e. The van der Waals surface area contributed by atoms with Crippen LogP contribution in [0.15, 0.2) is 18.3 Å². The fourth-order valence-electron chi connectivity index (χ4n) is 3.08. The lowest BCUT2D eigenvalue weighted by molar-refractivity contribution is -0.130. The molecule has 21 heavy (non-hydrogen) atoms. The number of carbonyl (C=O) groups is 1. The number of hydrogen-bond acceptors (Lipinski definition) is 3. The van der Waals surface area contributed by atoms with Gasteiger partial charge in [0.2, 0.25) is 5.91 Å². The minimum absolute atomic E-state index is 0.268. The van der Waals surface area contributed by atoms with Gasteiger partial charge >= 0.3 is 0 Å². The van der Waals surface area contributed by atoms with Gasteiger partial charge < -0.3 is 9.47 Å². The molecule has 0 unspecified atom stereocenters. The van der Waals surface area contributed by atoms with Gasteiger partial charge in [-0.3, -0.25) is 4.79 Å². The summed E-state index contributed by atoms with van der Waals surface area (Å²) >= 11 is 0. The Labute approximate surface area is 125 Å². The molecule has 112 valence electrons. The second-order valence-corrected chi connectivity index (χ2v) is 6.30. The van der Waals surface area contributed by atoms with Crippen LogP contribution in [0.4, 0.5) is 0 Å². The van der Waals surface area contributed by atoms with Crippen molar-refractivity contribution in [3.63, 3.8) is 0 Å². The Balaban J connectivity index is 1.79. The van der Waals surface area contributed by atoms with Crippen molar-refractivity contribution in [2.24, 2.45) is 13.0 Å². The molecule has 3 heterocycles. The number of pyridine rings is 1. The highest BCUT2D eigenvalue weighted by Gasteiger charge is 2.30. The second-order valence-electron chi connectivity index (χ2n) is 6.30. The number of nitrogens with zero attached hydrogens (tertiary/aromatic N) is 4. The van der Waals surface area contributed by atoms with Gasteiger partial charge in [0.1, 0.15) is 11.3 Å². The molecule has 0 aromatic carbocycles. The van der Waals surface area contributed by atoms with E-state index in [4.69, 9.17) is 4.98 Å². The molecule has 1 aliphatic heterocycles. The number of carbonyl (C=O) groups excluding carboxylic acids is 1. The number of hydrogen-bond donors (Lipinski definition) is 0. The number of fused-ring (bicyclic) bond motifs is 1. The summed E-state index contributed by atoms with van der Waals surface area (Å²) in [4.78, 5) is 23.3. The maximum atomic E-state index is 12.2. The Bertz CT molecular complexity index is 661. The van der Waals surface area contributed by atoms with Crippen LogP contribution < -0.4 is 0 Å². The first-order valence-electron chi connectivity index (χ1n) is 7.61. The van der Waals surface area contributed by atoms with E-state index >= 15 is 0 Å². The zero-order valence-electron chi connectivity index (χ0n) is 12.9. The topological polar surface area (TPSA) is 51.0 Å². The van der Waals surface area contributed by atoms with E-state index in [9.17, 15) is 4.79 Å². The molecule has 0 bridgehead atoms. The summed E-state index contributed by atoms with van der Waals surface area (Å²) in [7, 11) is 2.01. The van der Waals surface area contributed by atoms with E-state index in [0.717, 1.165) is 36.5 Å². The molecular formula is C16H22N4O. The predicted octanol–water partition coefficient (Wildman–Crippen LogP) is 2.33. The van der Waals surface area contributed by atoms with Crippen LogP contribution in [-0.2, 0) is 11.8 Å². The monoisotopic (exact) mass is 286 g/mol. The Hall–Kier alpha value is -1.91. The van der Waals surface area contributed by atoms with E-state index in [0.29, 0.717) is 18.3 Å². The van der Waals surface area contributed by atoms with Crippen molar-refractivity contribution < 1.29 is 4.79 Å². The van der Waals surface area contributed by atoms with E-state index < -0.39 is 0 Å². The number of likely N-dealkylation sites (tertiary alicyclic amines) is 1. The van der Waals surface area contributed by atoms with Crippen molar-refractivity contribution in [1.29, 1.82) is 0 Å². The molecule has 1 aliphatic rings. The molecule has 0 radical (unpaired) electrons. The van der Waals surface area contributed by atoms with Crippen LogP contribution in [0.1, 0.15) is 38.4 Å². The van der Waals surface area contributed by atoms with Crippen LogP contribution in [0.5, 0.6) is 0 Å². The zero-order chi connectivity index (χ0) is 15.0. The molecule has 2 aromatic rings. The molecule has 0 saturated carbocycles. The maximum Gasteiger partial charge on any atom is 0.222 e. The molecule has 5 nitrogen and oxygen atoms in total.